The van der Waals surface area contributed by atoms with Gasteiger partial charge in [-0.05, 0) is 24.6 Å². The van der Waals surface area contributed by atoms with Gasteiger partial charge in [0.2, 0.25) is 0 Å². The fraction of sp³-hybridized carbons (Fsp3) is 0.294. The van der Waals surface area contributed by atoms with Crippen molar-refractivity contribution in [2.24, 2.45) is 0 Å². The molecule has 1 heterocycles. The minimum absolute atomic E-state index is 0.0846. The average Bonchev–Trinajstić information content (AvgIpc) is 2.55. The molecule has 0 bridgehead atoms. The van der Waals surface area contributed by atoms with Gasteiger partial charge in [-0.2, -0.15) is 0 Å². The Labute approximate surface area is 125 Å². The summed E-state index contributed by atoms with van der Waals surface area (Å²) in [4.78, 5) is 16.2. The van der Waals surface area contributed by atoms with E-state index in [1.807, 2.05) is 36.4 Å². The van der Waals surface area contributed by atoms with Crippen molar-refractivity contribution < 1.29 is 4.79 Å². The maximum absolute atomic E-state index is 12.1. The van der Waals surface area contributed by atoms with Gasteiger partial charge in [0.05, 0.1) is 5.56 Å². The Morgan fingerprint density at radius 2 is 1.86 bits per heavy atom. The summed E-state index contributed by atoms with van der Waals surface area (Å²) in [6.07, 6.45) is 4.47. The van der Waals surface area contributed by atoms with Gasteiger partial charge in [-0.1, -0.05) is 37.3 Å². The first-order valence-corrected chi connectivity index (χ1v) is 7.30. The normalized spacial score (nSPS) is 10.3. The predicted molar refractivity (Wildman–Crippen MR) is 85.2 cm³/mol. The molecule has 110 valence electrons. The van der Waals surface area contributed by atoms with Gasteiger partial charge in [0.25, 0.3) is 5.91 Å². The van der Waals surface area contributed by atoms with E-state index in [1.165, 1.54) is 0 Å². The van der Waals surface area contributed by atoms with Crippen LogP contribution in [0.4, 0.5) is 0 Å². The van der Waals surface area contributed by atoms with E-state index in [0.717, 1.165) is 30.6 Å². The number of rotatable bonds is 7. The molecule has 0 unspecified atom stereocenters. The van der Waals surface area contributed by atoms with Gasteiger partial charge < -0.3 is 10.6 Å². The lowest BCUT2D eigenvalue weighted by atomic mass is 10.1. The van der Waals surface area contributed by atoms with Crippen molar-refractivity contribution in [2.75, 3.05) is 19.6 Å². The van der Waals surface area contributed by atoms with Crippen molar-refractivity contribution in [1.82, 2.24) is 15.6 Å². The van der Waals surface area contributed by atoms with Crippen LogP contribution in [0.25, 0.3) is 11.1 Å². The Morgan fingerprint density at radius 1 is 1.05 bits per heavy atom. The second-order valence-electron chi connectivity index (χ2n) is 4.83. The molecule has 0 saturated heterocycles. The molecule has 0 aliphatic rings. The Balaban J connectivity index is 1.96. The largest absolute Gasteiger partial charge is 0.351 e. The Morgan fingerprint density at radius 3 is 2.62 bits per heavy atom. The van der Waals surface area contributed by atoms with Crippen LogP contribution < -0.4 is 10.6 Å². The number of benzene rings is 1. The highest BCUT2D eigenvalue weighted by molar-refractivity contribution is 5.95. The summed E-state index contributed by atoms with van der Waals surface area (Å²) in [6.45, 7) is 4.49. The van der Waals surface area contributed by atoms with Gasteiger partial charge in [0.1, 0.15) is 0 Å². The molecule has 2 N–H and O–H groups in total. The van der Waals surface area contributed by atoms with Gasteiger partial charge >= 0.3 is 0 Å². The molecule has 0 aliphatic carbocycles. The maximum Gasteiger partial charge on any atom is 0.252 e. The first kappa shape index (κ1) is 15.2. The SMILES string of the molecule is CCCNCCNC(=O)c1cncc(-c2ccccc2)c1. The van der Waals surface area contributed by atoms with Gasteiger partial charge in [0.15, 0.2) is 0 Å². The van der Waals surface area contributed by atoms with Crippen LogP contribution in [0.5, 0.6) is 0 Å². The van der Waals surface area contributed by atoms with Crippen molar-refractivity contribution in [3.8, 4) is 11.1 Å². The van der Waals surface area contributed by atoms with Crippen LogP contribution in [0.1, 0.15) is 23.7 Å². The standard InChI is InChI=1S/C17H21N3O/c1-2-8-18-9-10-20-17(21)16-11-15(12-19-13-16)14-6-4-3-5-7-14/h3-7,11-13,18H,2,8-10H2,1H3,(H,20,21). The van der Waals surface area contributed by atoms with Crippen LogP contribution in [0.3, 0.4) is 0 Å². The lowest BCUT2D eigenvalue weighted by molar-refractivity contribution is 0.0953. The van der Waals surface area contributed by atoms with Gasteiger partial charge in [-0.15, -0.1) is 0 Å². The minimum atomic E-state index is -0.0846. The van der Waals surface area contributed by atoms with Crippen LogP contribution in [-0.4, -0.2) is 30.5 Å². The van der Waals surface area contributed by atoms with E-state index in [0.29, 0.717) is 12.1 Å². The second kappa shape index (κ2) is 8.17. The highest BCUT2D eigenvalue weighted by Gasteiger charge is 2.07. The molecule has 2 aromatic rings. The fourth-order valence-corrected chi connectivity index (χ4v) is 2.02. The third-order valence-corrected chi connectivity index (χ3v) is 3.12. The summed E-state index contributed by atoms with van der Waals surface area (Å²) < 4.78 is 0. The Hall–Kier alpha value is -2.20. The second-order valence-corrected chi connectivity index (χ2v) is 4.83. The molecule has 4 nitrogen and oxygen atoms in total. The molecule has 4 heteroatoms. The molecule has 1 aromatic carbocycles. The van der Waals surface area contributed by atoms with E-state index in [9.17, 15) is 4.79 Å². The number of nitrogens with zero attached hydrogens (tertiary/aromatic N) is 1. The molecule has 0 spiro atoms. The van der Waals surface area contributed by atoms with E-state index in [4.69, 9.17) is 0 Å². The molecule has 21 heavy (non-hydrogen) atoms. The first-order chi connectivity index (χ1) is 10.3. The van der Waals surface area contributed by atoms with Gasteiger partial charge in [0, 0.05) is 31.0 Å². The quantitative estimate of drug-likeness (QED) is 0.768. The predicted octanol–water partition coefficient (Wildman–Crippen LogP) is 2.48. The van der Waals surface area contributed by atoms with Crippen molar-refractivity contribution in [2.45, 2.75) is 13.3 Å². The molecule has 2 rings (SSSR count). The van der Waals surface area contributed by atoms with Crippen molar-refractivity contribution >= 4 is 5.91 Å². The zero-order valence-electron chi connectivity index (χ0n) is 12.3. The lowest BCUT2D eigenvalue weighted by Crippen LogP contribution is -2.32. The smallest absolute Gasteiger partial charge is 0.252 e. The number of hydrogen-bond acceptors (Lipinski definition) is 3. The first-order valence-electron chi connectivity index (χ1n) is 7.30. The summed E-state index contributed by atoms with van der Waals surface area (Å²) in [5, 5.41) is 6.14. The lowest BCUT2D eigenvalue weighted by Gasteiger charge is -2.07. The van der Waals surface area contributed by atoms with E-state index < -0.39 is 0 Å². The van der Waals surface area contributed by atoms with Crippen LogP contribution >= 0.6 is 0 Å². The minimum Gasteiger partial charge on any atom is -0.351 e. The van der Waals surface area contributed by atoms with E-state index in [2.05, 4.69) is 22.5 Å². The summed E-state index contributed by atoms with van der Waals surface area (Å²) in [5.41, 5.74) is 2.60. The zero-order chi connectivity index (χ0) is 14.9. The maximum atomic E-state index is 12.1. The molecule has 0 radical (unpaired) electrons. The van der Waals surface area contributed by atoms with Gasteiger partial charge in [-0.3, -0.25) is 9.78 Å². The fourth-order valence-electron chi connectivity index (χ4n) is 2.02. The summed E-state index contributed by atoms with van der Waals surface area (Å²) in [6, 6.07) is 11.8. The number of pyridine rings is 1. The highest BCUT2D eigenvalue weighted by atomic mass is 16.1. The van der Waals surface area contributed by atoms with E-state index in [1.54, 1.807) is 12.4 Å². The van der Waals surface area contributed by atoms with Gasteiger partial charge in [-0.25, -0.2) is 0 Å². The molecule has 1 amide bonds. The van der Waals surface area contributed by atoms with Crippen LogP contribution in [0.2, 0.25) is 0 Å². The molecule has 0 aliphatic heterocycles. The van der Waals surface area contributed by atoms with Crippen LogP contribution in [0, 0.1) is 0 Å². The Bertz CT molecular complexity index is 569. The van der Waals surface area contributed by atoms with Crippen LogP contribution in [0.15, 0.2) is 48.8 Å². The number of hydrogen-bond donors (Lipinski definition) is 2. The number of carbonyl (C=O) groups is 1. The number of nitrogens with one attached hydrogen (secondary N) is 2. The van der Waals surface area contributed by atoms with Crippen molar-refractivity contribution in [3.63, 3.8) is 0 Å². The highest BCUT2D eigenvalue weighted by Crippen LogP contribution is 2.18. The Kier molecular flexibility index (Phi) is 5.91. The topological polar surface area (TPSA) is 54.0 Å². The monoisotopic (exact) mass is 283 g/mol. The molecule has 0 atom stereocenters. The number of amides is 1. The van der Waals surface area contributed by atoms with Crippen molar-refractivity contribution in [3.05, 3.63) is 54.4 Å². The van der Waals surface area contributed by atoms with Crippen molar-refractivity contribution in [1.29, 1.82) is 0 Å². The van der Waals surface area contributed by atoms with E-state index in [-0.39, 0.29) is 5.91 Å². The molecular weight excluding hydrogens is 262 g/mol. The number of carbonyl (C=O) groups excluding carboxylic acids is 1. The molecular formula is C17H21N3O. The summed E-state index contributed by atoms with van der Waals surface area (Å²) >= 11 is 0. The third-order valence-electron chi connectivity index (χ3n) is 3.12. The zero-order valence-corrected chi connectivity index (χ0v) is 12.3. The number of aromatic nitrogens is 1. The summed E-state index contributed by atoms with van der Waals surface area (Å²) in [5.74, 6) is -0.0846. The summed E-state index contributed by atoms with van der Waals surface area (Å²) in [7, 11) is 0. The third kappa shape index (κ3) is 4.68. The molecule has 0 saturated carbocycles. The molecule has 0 fully saturated rings. The van der Waals surface area contributed by atoms with Crippen LogP contribution in [-0.2, 0) is 0 Å². The average molecular weight is 283 g/mol. The molecule has 1 aromatic heterocycles. The van der Waals surface area contributed by atoms with E-state index >= 15 is 0 Å².